The number of benzene rings is 1. The summed E-state index contributed by atoms with van der Waals surface area (Å²) in [5.74, 6) is -0.602. The quantitative estimate of drug-likeness (QED) is 0.295. The van der Waals surface area contributed by atoms with E-state index in [4.69, 9.17) is 4.74 Å². The number of non-ortho nitro benzene ring substituents is 1. The number of methoxy groups -OCH3 is 1. The zero-order valence-corrected chi connectivity index (χ0v) is 17.7. The van der Waals surface area contributed by atoms with E-state index in [1.165, 1.54) is 35.7 Å². The molecule has 0 bridgehead atoms. The lowest BCUT2D eigenvalue weighted by molar-refractivity contribution is -0.384. The first-order valence-corrected chi connectivity index (χ1v) is 13.8. The maximum absolute atomic E-state index is 12.9. The van der Waals surface area contributed by atoms with Crippen LogP contribution in [0.25, 0.3) is 0 Å². The van der Waals surface area contributed by atoms with Crippen molar-refractivity contribution in [1.29, 1.82) is 0 Å². The smallest absolute Gasteiger partial charge is 0.335 e. The molecule has 10 heteroatoms. The van der Waals surface area contributed by atoms with Gasteiger partial charge in [-0.05, 0) is 11.6 Å². The van der Waals surface area contributed by atoms with Crippen LogP contribution in [-0.2, 0) is 19.6 Å². The summed E-state index contributed by atoms with van der Waals surface area (Å²) in [7, 11) is -3.96. The molecule has 1 aromatic carbocycles. The second-order valence-electron chi connectivity index (χ2n) is 7.60. The van der Waals surface area contributed by atoms with Crippen molar-refractivity contribution in [3.8, 4) is 0 Å². The third kappa shape index (κ3) is 5.02. The number of rotatable bonds is 7. The van der Waals surface area contributed by atoms with Crippen LogP contribution in [0.1, 0.15) is 11.6 Å². The molecule has 0 aliphatic carbocycles. The van der Waals surface area contributed by atoms with E-state index < -0.39 is 35.0 Å². The summed E-state index contributed by atoms with van der Waals surface area (Å²) < 4.78 is 32.0. The Labute approximate surface area is 160 Å². The van der Waals surface area contributed by atoms with E-state index in [2.05, 4.69) is 19.6 Å². The molecule has 0 saturated heterocycles. The van der Waals surface area contributed by atoms with Gasteiger partial charge in [0.2, 0.25) is 10.0 Å². The number of sulfonamides is 1. The maximum atomic E-state index is 12.9. The van der Waals surface area contributed by atoms with Gasteiger partial charge in [-0.3, -0.25) is 10.1 Å². The van der Waals surface area contributed by atoms with Gasteiger partial charge in [0.05, 0.1) is 29.4 Å². The highest BCUT2D eigenvalue weighted by molar-refractivity contribution is 7.89. The monoisotopic (exact) mass is 412 g/mol. The van der Waals surface area contributed by atoms with E-state index in [0.717, 1.165) is 0 Å². The van der Waals surface area contributed by atoms with Crippen molar-refractivity contribution in [2.24, 2.45) is 0 Å². The van der Waals surface area contributed by atoms with Gasteiger partial charge in [0.1, 0.15) is 0 Å². The number of ether oxygens (including phenoxy) is 1. The van der Waals surface area contributed by atoms with Crippen LogP contribution < -0.4 is 0 Å². The maximum Gasteiger partial charge on any atom is 0.335 e. The van der Waals surface area contributed by atoms with Gasteiger partial charge in [0.15, 0.2) is 0 Å². The Morgan fingerprint density at radius 1 is 1.30 bits per heavy atom. The Hall–Kier alpha value is -2.04. The number of nitro groups is 1. The first-order valence-electron chi connectivity index (χ1n) is 8.48. The fourth-order valence-corrected chi connectivity index (χ4v) is 7.40. The molecule has 2 rings (SSSR count). The van der Waals surface area contributed by atoms with Crippen molar-refractivity contribution in [1.82, 2.24) is 4.31 Å². The summed E-state index contributed by atoms with van der Waals surface area (Å²) in [4.78, 5) is 22.5. The van der Waals surface area contributed by atoms with Gasteiger partial charge < -0.3 is 4.74 Å². The summed E-state index contributed by atoms with van der Waals surface area (Å²) in [5.41, 5.74) is 0.614. The predicted molar refractivity (Wildman–Crippen MR) is 105 cm³/mol. The van der Waals surface area contributed by atoms with Crippen LogP contribution in [0, 0.1) is 10.1 Å². The number of nitrogens with zero attached hydrogens (tertiary/aromatic N) is 2. The Bertz CT molecular complexity index is 858. The first kappa shape index (κ1) is 21.3. The number of carbonyl (C=O) groups excluding carboxylic acids is 1. The lowest BCUT2D eigenvalue weighted by atomic mass is 10.0. The SMILES string of the molecule is COC(=O)C1=CCN(S(=O)(=O)CC[Si](C)(C)C)C1c1ccc([N+](=O)[O-])cc1. The average Bonchev–Trinajstić information content (AvgIpc) is 3.05. The van der Waals surface area contributed by atoms with Crippen LogP contribution in [0.5, 0.6) is 0 Å². The minimum absolute atomic E-state index is 0.00843. The average molecular weight is 413 g/mol. The van der Waals surface area contributed by atoms with Crippen molar-refractivity contribution < 1.29 is 22.9 Å². The van der Waals surface area contributed by atoms with Crippen molar-refractivity contribution in [2.75, 3.05) is 19.4 Å². The van der Waals surface area contributed by atoms with Gasteiger partial charge in [-0.1, -0.05) is 37.8 Å². The zero-order valence-electron chi connectivity index (χ0n) is 15.8. The topological polar surface area (TPSA) is 107 Å². The molecule has 1 unspecified atom stereocenters. The molecular formula is C17H24N2O6SSi. The van der Waals surface area contributed by atoms with Gasteiger partial charge >= 0.3 is 5.97 Å². The zero-order chi connectivity index (χ0) is 20.4. The number of nitro benzene ring substituents is 1. The molecule has 0 fully saturated rings. The number of esters is 1. The Balaban J connectivity index is 2.40. The third-order valence-corrected chi connectivity index (χ3v) is 8.29. The van der Waals surface area contributed by atoms with Crippen LogP contribution in [0.15, 0.2) is 35.9 Å². The summed E-state index contributed by atoms with van der Waals surface area (Å²) in [5, 5.41) is 10.9. The van der Waals surface area contributed by atoms with Crippen LogP contribution in [0.4, 0.5) is 5.69 Å². The van der Waals surface area contributed by atoms with E-state index in [1.54, 1.807) is 6.08 Å². The van der Waals surface area contributed by atoms with Gasteiger partial charge in [0.25, 0.3) is 5.69 Å². The molecule has 1 aromatic rings. The van der Waals surface area contributed by atoms with Crippen molar-refractivity contribution in [2.45, 2.75) is 31.7 Å². The second-order valence-corrected chi connectivity index (χ2v) is 15.3. The summed E-state index contributed by atoms with van der Waals surface area (Å²) in [6.45, 7) is 6.36. The molecule has 1 aliphatic rings. The number of carbonyl (C=O) groups is 1. The Morgan fingerprint density at radius 2 is 1.89 bits per heavy atom. The fraction of sp³-hybridized carbons (Fsp3) is 0.471. The van der Waals surface area contributed by atoms with Gasteiger partial charge in [-0.15, -0.1) is 0 Å². The third-order valence-electron chi connectivity index (χ3n) is 4.38. The number of hydrogen-bond acceptors (Lipinski definition) is 6. The van der Waals surface area contributed by atoms with Crippen molar-refractivity contribution >= 4 is 29.8 Å². The molecule has 27 heavy (non-hydrogen) atoms. The fourth-order valence-electron chi connectivity index (χ4n) is 2.82. The van der Waals surface area contributed by atoms with E-state index in [0.29, 0.717) is 11.6 Å². The normalized spacial score (nSPS) is 18.2. The minimum Gasteiger partial charge on any atom is -0.466 e. The summed E-state index contributed by atoms with van der Waals surface area (Å²) in [6.07, 6.45) is 1.55. The molecule has 1 aliphatic heterocycles. The molecule has 0 spiro atoms. The van der Waals surface area contributed by atoms with E-state index in [-0.39, 0.29) is 23.6 Å². The van der Waals surface area contributed by atoms with Crippen LogP contribution in [0.2, 0.25) is 25.7 Å². The largest absolute Gasteiger partial charge is 0.466 e. The van der Waals surface area contributed by atoms with Gasteiger partial charge in [-0.25, -0.2) is 13.2 Å². The van der Waals surface area contributed by atoms with Crippen molar-refractivity contribution in [3.63, 3.8) is 0 Å². The molecule has 148 valence electrons. The summed E-state index contributed by atoms with van der Waals surface area (Å²) in [6, 6.07) is 5.32. The highest BCUT2D eigenvalue weighted by atomic mass is 32.2. The van der Waals surface area contributed by atoms with Crippen LogP contribution in [-0.4, -0.2) is 51.1 Å². The molecule has 1 atom stereocenters. The molecule has 0 aromatic heterocycles. The van der Waals surface area contributed by atoms with E-state index in [9.17, 15) is 23.3 Å². The lowest BCUT2D eigenvalue weighted by Crippen LogP contribution is -2.37. The molecule has 0 saturated carbocycles. The molecule has 0 radical (unpaired) electrons. The predicted octanol–water partition coefficient (Wildman–Crippen LogP) is 2.72. The second kappa shape index (κ2) is 7.91. The minimum atomic E-state index is -3.62. The van der Waals surface area contributed by atoms with E-state index >= 15 is 0 Å². The van der Waals surface area contributed by atoms with Crippen LogP contribution in [0.3, 0.4) is 0 Å². The molecule has 0 amide bonds. The van der Waals surface area contributed by atoms with Gasteiger partial charge in [0, 0.05) is 26.8 Å². The van der Waals surface area contributed by atoms with E-state index in [1.807, 2.05) is 0 Å². The highest BCUT2D eigenvalue weighted by Crippen LogP contribution is 2.37. The number of hydrogen-bond donors (Lipinski definition) is 0. The first-order chi connectivity index (χ1) is 12.5. The van der Waals surface area contributed by atoms with Gasteiger partial charge in [-0.2, -0.15) is 4.31 Å². The van der Waals surface area contributed by atoms with Crippen LogP contribution >= 0.6 is 0 Å². The molecular weight excluding hydrogens is 388 g/mol. The lowest BCUT2D eigenvalue weighted by Gasteiger charge is -2.27. The highest BCUT2D eigenvalue weighted by Gasteiger charge is 2.40. The standard InChI is InChI=1S/C17H24N2O6SSi/c1-25-17(20)15-9-10-18(26(23,24)11-12-27(2,3)4)16(15)13-5-7-14(8-6-13)19(21)22/h5-9,16H,10-12H2,1-4H3. The van der Waals surface area contributed by atoms with Crippen molar-refractivity contribution in [3.05, 3.63) is 51.6 Å². The Morgan fingerprint density at radius 3 is 2.37 bits per heavy atom. The summed E-state index contributed by atoms with van der Waals surface area (Å²) >= 11 is 0. The molecule has 8 nitrogen and oxygen atoms in total. The molecule has 1 heterocycles. The molecule has 0 N–H and O–H groups in total. The Kier molecular flexibility index (Phi) is 6.23.